The summed E-state index contributed by atoms with van der Waals surface area (Å²) >= 11 is 0. The second-order valence-electron chi connectivity index (χ2n) is 8.00. The van der Waals surface area contributed by atoms with E-state index < -0.39 is 9.84 Å². The molecule has 2 N–H and O–H groups in total. The molecular weight excluding hydrogens is 438 g/mol. The number of sulfone groups is 1. The maximum atomic E-state index is 11.6. The Bertz CT molecular complexity index is 1580. The summed E-state index contributed by atoms with van der Waals surface area (Å²) in [6.45, 7) is 1.99. The first-order chi connectivity index (χ1) is 15.9. The molecule has 3 heterocycles. The second-order valence-corrected chi connectivity index (χ2v) is 10.1. The Hall–Kier alpha value is -3.92. The smallest absolute Gasteiger partial charge is 0.223 e. The summed E-state index contributed by atoms with van der Waals surface area (Å²) in [5, 5.41) is 11.9. The third kappa shape index (κ3) is 4.51. The van der Waals surface area contributed by atoms with Crippen molar-refractivity contribution in [2.45, 2.75) is 18.7 Å². The van der Waals surface area contributed by atoms with Gasteiger partial charge in [0.25, 0.3) is 0 Å². The van der Waals surface area contributed by atoms with Crippen LogP contribution in [0.4, 0.5) is 5.95 Å². The lowest BCUT2D eigenvalue weighted by Gasteiger charge is -2.15. The number of nitrogens with one attached hydrogen (secondary N) is 2. The molecule has 0 saturated heterocycles. The number of nitrogens with zero attached hydrogens (tertiary/aromatic N) is 5. The molecule has 3 aromatic heterocycles. The Balaban J connectivity index is 1.40. The lowest BCUT2D eigenvalue weighted by molar-refractivity contribution is 0.601. The number of hydrogen-bond acceptors (Lipinski definition) is 8. The second kappa shape index (κ2) is 8.21. The van der Waals surface area contributed by atoms with E-state index in [1.165, 1.54) is 12.6 Å². The molecule has 5 aromatic rings. The Morgan fingerprint density at radius 1 is 1.06 bits per heavy atom. The summed E-state index contributed by atoms with van der Waals surface area (Å²) in [6.07, 6.45) is 6.23. The number of anilines is 1. The summed E-state index contributed by atoms with van der Waals surface area (Å²) < 4.78 is 23.2. The zero-order valence-corrected chi connectivity index (χ0v) is 18.8. The standard InChI is InChI=1S/C23H21N7O2S/c1-14(16-5-3-4-15(8-16)12-33(2,31)32)28-23-24-10-18-9-17(6-7-20(18)29-23)21-19-11-27-30-22(19)26-13-25-21/h3-11,13-14H,12H2,1-2H3,(H,24,28,29)(H,25,26,27,30)/t14-/m1/s1. The fourth-order valence-corrected chi connectivity index (χ4v) is 4.56. The van der Waals surface area contributed by atoms with Crippen molar-refractivity contribution >= 4 is 37.7 Å². The molecule has 0 aliphatic heterocycles. The molecule has 0 amide bonds. The van der Waals surface area contributed by atoms with E-state index in [0.717, 1.165) is 38.7 Å². The highest BCUT2D eigenvalue weighted by molar-refractivity contribution is 7.89. The zero-order chi connectivity index (χ0) is 23.0. The number of rotatable bonds is 6. The quantitative estimate of drug-likeness (QED) is 0.394. The molecule has 0 saturated carbocycles. The van der Waals surface area contributed by atoms with Crippen molar-refractivity contribution in [3.8, 4) is 11.3 Å². The summed E-state index contributed by atoms with van der Waals surface area (Å²) in [5.74, 6) is 0.510. The maximum absolute atomic E-state index is 11.6. The van der Waals surface area contributed by atoms with Crippen molar-refractivity contribution in [2.24, 2.45) is 0 Å². The van der Waals surface area contributed by atoms with Crippen LogP contribution in [0.3, 0.4) is 0 Å². The van der Waals surface area contributed by atoms with E-state index in [9.17, 15) is 8.42 Å². The van der Waals surface area contributed by atoms with E-state index >= 15 is 0 Å². The van der Waals surface area contributed by atoms with Crippen molar-refractivity contribution in [2.75, 3.05) is 11.6 Å². The van der Waals surface area contributed by atoms with E-state index in [1.807, 2.05) is 49.4 Å². The van der Waals surface area contributed by atoms with Crippen LogP contribution in [0.1, 0.15) is 24.1 Å². The average Bonchev–Trinajstić information content (AvgIpc) is 3.27. The third-order valence-corrected chi connectivity index (χ3v) is 6.18. The first-order valence-electron chi connectivity index (χ1n) is 10.3. The number of aromatic amines is 1. The van der Waals surface area contributed by atoms with Crippen LogP contribution < -0.4 is 5.32 Å². The first kappa shape index (κ1) is 21.0. The lowest BCUT2D eigenvalue weighted by Crippen LogP contribution is -2.10. The zero-order valence-electron chi connectivity index (χ0n) is 18.0. The van der Waals surface area contributed by atoms with Gasteiger partial charge in [0.05, 0.1) is 34.6 Å². The molecule has 166 valence electrons. The SMILES string of the molecule is C[C@@H](Nc1ncc2cc(-c3ncnc4[nH]ncc34)ccc2n1)c1cccc(CS(C)(=O)=O)c1. The summed E-state index contributed by atoms with van der Waals surface area (Å²) in [7, 11) is -3.09. The molecule has 0 bridgehead atoms. The van der Waals surface area contributed by atoms with Gasteiger partial charge in [-0.3, -0.25) is 5.10 Å². The molecule has 2 aromatic carbocycles. The number of benzene rings is 2. The highest BCUT2D eigenvalue weighted by Crippen LogP contribution is 2.27. The molecule has 0 radical (unpaired) electrons. The third-order valence-electron chi connectivity index (χ3n) is 5.33. The highest BCUT2D eigenvalue weighted by Gasteiger charge is 2.12. The predicted molar refractivity (Wildman–Crippen MR) is 127 cm³/mol. The summed E-state index contributed by atoms with van der Waals surface area (Å²) in [4.78, 5) is 17.7. The lowest BCUT2D eigenvalue weighted by atomic mass is 10.1. The van der Waals surface area contributed by atoms with Gasteiger partial charge in [0.2, 0.25) is 5.95 Å². The van der Waals surface area contributed by atoms with Gasteiger partial charge in [0.15, 0.2) is 15.5 Å². The molecule has 10 heteroatoms. The molecule has 33 heavy (non-hydrogen) atoms. The van der Waals surface area contributed by atoms with Crippen molar-refractivity contribution in [1.29, 1.82) is 0 Å². The fraction of sp³-hybridized carbons (Fsp3) is 0.174. The summed E-state index contributed by atoms with van der Waals surface area (Å²) in [5.41, 5.74) is 4.92. The minimum atomic E-state index is -3.09. The first-order valence-corrected chi connectivity index (χ1v) is 12.4. The number of hydrogen-bond donors (Lipinski definition) is 2. The molecule has 0 aliphatic rings. The van der Waals surface area contributed by atoms with Gasteiger partial charge < -0.3 is 5.32 Å². The normalized spacial score (nSPS) is 12.8. The van der Waals surface area contributed by atoms with E-state index in [4.69, 9.17) is 0 Å². The van der Waals surface area contributed by atoms with Gasteiger partial charge in [0, 0.05) is 23.4 Å². The van der Waals surface area contributed by atoms with Crippen molar-refractivity contribution < 1.29 is 8.42 Å². The van der Waals surface area contributed by atoms with Gasteiger partial charge >= 0.3 is 0 Å². The van der Waals surface area contributed by atoms with Gasteiger partial charge in [-0.2, -0.15) is 5.10 Å². The van der Waals surface area contributed by atoms with E-state index in [1.54, 1.807) is 12.4 Å². The van der Waals surface area contributed by atoms with Crippen LogP contribution in [0.25, 0.3) is 33.2 Å². The fourth-order valence-electron chi connectivity index (χ4n) is 3.78. The largest absolute Gasteiger partial charge is 0.348 e. The van der Waals surface area contributed by atoms with Gasteiger partial charge in [0.1, 0.15) is 6.33 Å². The van der Waals surface area contributed by atoms with E-state index in [0.29, 0.717) is 11.6 Å². The number of aromatic nitrogens is 6. The topological polar surface area (TPSA) is 126 Å². The van der Waals surface area contributed by atoms with Gasteiger partial charge in [-0.1, -0.05) is 30.3 Å². The van der Waals surface area contributed by atoms with Crippen LogP contribution in [0.15, 0.2) is 61.2 Å². The monoisotopic (exact) mass is 459 g/mol. The Kier molecular flexibility index (Phi) is 5.21. The van der Waals surface area contributed by atoms with Crippen LogP contribution in [0.5, 0.6) is 0 Å². The molecule has 9 nitrogen and oxygen atoms in total. The minimum Gasteiger partial charge on any atom is -0.348 e. The van der Waals surface area contributed by atoms with Crippen molar-refractivity contribution in [3.63, 3.8) is 0 Å². The molecule has 0 unspecified atom stereocenters. The van der Waals surface area contributed by atoms with Gasteiger partial charge in [-0.25, -0.2) is 28.4 Å². The van der Waals surface area contributed by atoms with Gasteiger partial charge in [-0.05, 0) is 30.2 Å². The van der Waals surface area contributed by atoms with E-state index in [2.05, 4.69) is 35.5 Å². The Labute approximate surface area is 190 Å². The van der Waals surface area contributed by atoms with Gasteiger partial charge in [-0.15, -0.1) is 0 Å². The highest BCUT2D eigenvalue weighted by atomic mass is 32.2. The molecule has 1 atom stereocenters. The summed E-state index contributed by atoms with van der Waals surface area (Å²) in [6, 6.07) is 13.3. The van der Waals surface area contributed by atoms with Crippen LogP contribution >= 0.6 is 0 Å². The number of H-pyrrole nitrogens is 1. The molecule has 0 spiro atoms. The van der Waals surface area contributed by atoms with Crippen LogP contribution in [-0.4, -0.2) is 44.8 Å². The Morgan fingerprint density at radius 2 is 1.94 bits per heavy atom. The van der Waals surface area contributed by atoms with Crippen LogP contribution in [0, 0.1) is 0 Å². The predicted octanol–water partition coefficient (Wildman–Crippen LogP) is 3.68. The molecule has 5 rings (SSSR count). The van der Waals surface area contributed by atoms with E-state index in [-0.39, 0.29) is 11.8 Å². The maximum Gasteiger partial charge on any atom is 0.223 e. The van der Waals surface area contributed by atoms with Crippen LogP contribution in [0.2, 0.25) is 0 Å². The number of fused-ring (bicyclic) bond motifs is 2. The minimum absolute atomic E-state index is 0.0137. The Morgan fingerprint density at radius 3 is 2.79 bits per heavy atom. The van der Waals surface area contributed by atoms with Crippen molar-refractivity contribution in [3.05, 3.63) is 72.3 Å². The van der Waals surface area contributed by atoms with Crippen LogP contribution in [-0.2, 0) is 15.6 Å². The average molecular weight is 460 g/mol. The molecule has 0 fully saturated rings. The molecule has 0 aliphatic carbocycles. The van der Waals surface area contributed by atoms with Crippen molar-refractivity contribution in [1.82, 2.24) is 30.1 Å². The molecular formula is C23H21N7O2S.